The van der Waals surface area contributed by atoms with Gasteiger partial charge in [0.05, 0.1) is 0 Å². The maximum absolute atomic E-state index is 6.17. The molecule has 18 heavy (non-hydrogen) atoms. The highest BCUT2D eigenvalue weighted by Gasteiger charge is 2.29. The Kier molecular flexibility index (Phi) is 5.35. The van der Waals surface area contributed by atoms with Gasteiger partial charge in [0.1, 0.15) is 0 Å². The summed E-state index contributed by atoms with van der Waals surface area (Å²) in [5, 5.41) is 5.21. The van der Waals surface area contributed by atoms with Gasteiger partial charge in [-0.05, 0) is 68.3 Å². The van der Waals surface area contributed by atoms with E-state index in [1.807, 2.05) is 18.2 Å². The van der Waals surface area contributed by atoms with E-state index in [4.69, 9.17) is 23.2 Å². The quantitative estimate of drug-likeness (QED) is 0.765. The Morgan fingerprint density at radius 3 is 2.78 bits per heavy atom. The normalized spacial score (nSPS) is 16.8. The van der Waals surface area contributed by atoms with E-state index in [9.17, 15) is 0 Å². The molecular weight excluding hydrogens is 265 g/mol. The lowest BCUT2D eigenvalue weighted by atomic mass is 10.0. The van der Waals surface area contributed by atoms with Crippen molar-refractivity contribution in [1.29, 1.82) is 0 Å². The van der Waals surface area contributed by atoms with Gasteiger partial charge in [0, 0.05) is 16.1 Å². The van der Waals surface area contributed by atoms with Gasteiger partial charge < -0.3 is 5.32 Å². The van der Waals surface area contributed by atoms with Crippen LogP contribution in [-0.4, -0.2) is 12.6 Å². The highest BCUT2D eigenvalue weighted by molar-refractivity contribution is 6.33. The summed E-state index contributed by atoms with van der Waals surface area (Å²) in [6.45, 7) is 3.25. The molecule has 3 heteroatoms. The molecule has 100 valence electrons. The molecule has 1 aliphatic rings. The largest absolute Gasteiger partial charge is 0.314 e. The lowest BCUT2D eigenvalue weighted by Gasteiger charge is -2.17. The van der Waals surface area contributed by atoms with Crippen LogP contribution in [0.25, 0.3) is 0 Å². The third kappa shape index (κ3) is 4.15. The van der Waals surface area contributed by atoms with Crippen molar-refractivity contribution >= 4 is 23.2 Å². The first kappa shape index (κ1) is 14.2. The Balaban J connectivity index is 1.81. The molecule has 1 aliphatic carbocycles. The second-order valence-electron chi connectivity index (χ2n) is 5.13. The van der Waals surface area contributed by atoms with Gasteiger partial charge in [-0.3, -0.25) is 0 Å². The lowest BCUT2D eigenvalue weighted by molar-refractivity contribution is 0.434. The summed E-state index contributed by atoms with van der Waals surface area (Å²) in [5.41, 5.74) is 1.18. The number of rotatable bonds is 7. The highest BCUT2D eigenvalue weighted by Crippen LogP contribution is 2.34. The standard InChI is InChI=1S/C15H21Cl2N/c1-2-18-15(11-6-7-11)5-3-4-12-10-13(16)8-9-14(12)17/h8-11,15,18H,2-7H2,1H3. The van der Waals surface area contributed by atoms with E-state index in [1.54, 1.807) is 0 Å². The summed E-state index contributed by atoms with van der Waals surface area (Å²) in [6, 6.07) is 6.43. The summed E-state index contributed by atoms with van der Waals surface area (Å²) >= 11 is 12.2. The Hall–Kier alpha value is -0.240. The van der Waals surface area contributed by atoms with E-state index in [0.717, 1.165) is 28.9 Å². The van der Waals surface area contributed by atoms with Crippen molar-refractivity contribution in [3.8, 4) is 0 Å². The fraction of sp³-hybridized carbons (Fsp3) is 0.600. The van der Waals surface area contributed by atoms with Crippen LogP contribution in [0.1, 0.15) is 38.2 Å². The Morgan fingerprint density at radius 1 is 1.33 bits per heavy atom. The first-order valence-corrected chi connectivity index (χ1v) is 7.63. The van der Waals surface area contributed by atoms with Crippen molar-refractivity contribution in [2.75, 3.05) is 6.54 Å². The number of aryl methyl sites for hydroxylation is 1. The first-order valence-electron chi connectivity index (χ1n) is 6.88. The molecule has 1 N–H and O–H groups in total. The summed E-state index contributed by atoms with van der Waals surface area (Å²) in [4.78, 5) is 0. The number of hydrogen-bond acceptors (Lipinski definition) is 1. The molecule has 1 saturated carbocycles. The van der Waals surface area contributed by atoms with Crippen molar-refractivity contribution in [3.05, 3.63) is 33.8 Å². The summed E-state index contributed by atoms with van der Waals surface area (Å²) in [6.07, 6.45) is 6.23. The SMILES string of the molecule is CCNC(CCCc1cc(Cl)ccc1Cl)C1CC1. The molecule has 0 radical (unpaired) electrons. The van der Waals surface area contributed by atoms with Crippen molar-refractivity contribution in [2.45, 2.75) is 45.1 Å². The van der Waals surface area contributed by atoms with Crippen LogP contribution in [0.5, 0.6) is 0 Å². The number of halogens is 2. The van der Waals surface area contributed by atoms with Crippen molar-refractivity contribution in [1.82, 2.24) is 5.32 Å². The average molecular weight is 286 g/mol. The molecule has 0 heterocycles. The van der Waals surface area contributed by atoms with Crippen LogP contribution in [-0.2, 0) is 6.42 Å². The number of hydrogen-bond donors (Lipinski definition) is 1. The molecule has 0 saturated heterocycles. The van der Waals surface area contributed by atoms with E-state index < -0.39 is 0 Å². The molecule has 1 atom stereocenters. The van der Waals surface area contributed by atoms with Gasteiger partial charge in [0.25, 0.3) is 0 Å². The predicted octanol–water partition coefficient (Wildman–Crippen LogP) is 4.70. The zero-order valence-electron chi connectivity index (χ0n) is 10.9. The van der Waals surface area contributed by atoms with Gasteiger partial charge in [0.2, 0.25) is 0 Å². The van der Waals surface area contributed by atoms with Crippen LogP contribution in [0.2, 0.25) is 10.0 Å². The fourth-order valence-electron chi connectivity index (χ4n) is 2.51. The Bertz CT molecular complexity index is 388. The molecule has 0 aromatic heterocycles. The van der Waals surface area contributed by atoms with Crippen LogP contribution in [0, 0.1) is 5.92 Å². The second-order valence-corrected chi connectivity index (χ2v) is 5.97. The molecule has 1 aromatic carbocycles. The third-order valence-corrected chi connectivity index (χ3v) is 4.23. The third-order valence-electron chi connectivity index (χ3n) is 3.63. The molecule has 0 amide bonds. The van der Waals surface area contributed by atoms with E-state index >= 15 is 0 Å². The fourth-order valence-corrected chi connectivity index (χ4v) is 2.92. The van der Waals surface area contributed by atoms with Gasteiger partial charge in [-0.2, -0.15) is 0 Å². The van der Waals surface area contributed by atoms with Crippen LogP contribution in [0.15, 0.2) is 18.2 Å². The van der Waals surface area contributed by atoms with E-state index in [-0.39, 0.29) is 0 Å². The number of nitrogens with one attached hydrogen (secondary N) is 1. The first-order chi connectivity index (χ1) is 8.70. The zero-order valence-corrected chi connectivity index (χ0v) is 12.4. The second kappa shape index (κ2) is 6.79. The average Bonchev–Trinajstić information content (AvgIpc) is 3.16. The molecule has 1 aromatic rings. The van der Waals surface area contributed by atoms with Crippen molar-refractivity contribution < 1.29 is 0 Å². The maximum atomic E-state index is 6.17. The van der Waals surface area contributed by atoms with Gasteiger partial charge in [-0.15, -0.1) is 0 Å². The Morgan fingerprint density at radius 2 is 2.11 bits per heavy atom. The van der Waals surface area contributed by atoms with Crippen LogP contribution in [0.3, 0.4) is 0 Å². The van der Waals surface area contributed by atoms with Crippen LogP contribution >= 0.6 is 23.2 Å². The number of benzene rings is 1. The zero-order chi connectivity index (χ0) is 13.0. The molecule has 1 unspecified atom stereocenters. The van der Waals surface area contributed by atoms with E-state index in [2.05, 4.69) is 12.2 Å². The Labute approximate surface area is 120 Å². The molecule has 0 spiro atoms. The van der Waals surface area contributed by atoms with Gasteiger partial charge in [0.15, 0.2) is 0 Å². The molecule has 1 nitrogen and oxygen atoms in total. The van der Waals surface area contributed by atoms with E-state index in [1.165, 1.54) is 31.2 Å². The summed E-state index contributed by atoms with van der Waals surface area (Å²) in [7, 11) is 0. The minimum atomic E-state index is 0.702. The molecular formula is C15H21Cl2N. The summed E-state index contributed by atoms with van der Waals surface area (Å²) < 4.78 is 0. The summed E-state index contributed by atoms with van der Waals surface area (Å²) in [5.74, 6) is 0.916. The minimum absolute atomic E-state index is 0.702. The minimum Gasteiger partial charge on any atom is -0.314 e. The van der Waals surface area contributed by atoms with Crippen LogP contribution in [0.4, 0.5) is 0 Å². The predicted molar refractivity (Wildman–Crippen MR) is 79.6 cm³/mol. The van der Waals surface area contributed by atoms with Crippen molar-refractivity contribution in [2.24, 2.45) is 5.92 Å². The van der Waals surface area contributed by atoms with Crippen LogP contribution < -0.4 is 5.32 Å². The maximum Gasteiger partial charge on any atom is 0.0439 e. The monoisotopic (exact) mass is 285 g/mol. The van der Waals surface area contributed by atoms with E-state index in [0.29, 0.717) is 6.04 Å². The smallest absolute Gasteiger partial charge is 0.0439 e. The van der Waals surface area contributed by atoms with Crippen molar-refractivity contribution in [3.63, 3.8) is 0 Å². The molecule has 0 bridgehead atoms. The molecule has 2 rings (SSSR count). The molecule has 1 fully saturated rings. The molecule has 0 aliphatic heterocycles. The van der Waals surface area contributed by atoms with Gasteiger partial charge in [-0.1, -0.05) is 30.1 Å². The highest BCUT2D eigenvalue weighted by atomic mass is 35.5. The topological polar surface area (TPSA) is 12.0 Å². The van der Waals surface area contributed by atoms with Gasteiger partial charge in [-0.25, -0.2) is 0 Å². The lowest BCUT2D eigenvalue weighted by Crippen LogP contribution is -2.30. The van der Waals surface area contributed by atoms with Gasteiger partial charge >= 0.3 is 0 Å².